The first-order chi connectivity index (χ1) is 9.93. The number of hydrogen-bond acceptors (Lipinski definition) is 4. The van der Waals surface area contributed by atoms with Crippen LogP contribution in [0.3, 0.4) is 0 Å². The Balaban J connectivity index is 2.72. The highest BCUT2D eigenvalue weighted by Gasteiger charge is 2.36. The van der Waals surface area contributed by atoms with Crippen molar-refractivity contribution in [2.24, 2.45) is 0 Å². The Kier molecular flexibility index (Phi) is 5.43. The first-order valence-corrected chi connectivity index (χ1v) is 7.53. The van der Waals surface area contributed by atoms with E-state index >= 15 is 0 Å². The van der Waals surface area contributed by atoms with Gasteiger partial charge in [-0.3, -0.25) is 9.59 Å². The Labute approximate surface area is 131 Å². The maximum absolute atomic E-state index is 12.5. The summed E-state index contributed by atoms with van der Waals surface area (Å²) in [4.78, 5) is 37.5. The van der Waals surface area contributed by atoms with Crippen LogP contribution in [-0.2, 0) is 14.3 Å². The number of piperazine rings is 1. The molecule has 0 bridgehead atoms. The van der Waals surface area contributed by atoms with Gasteiger partial charge in [-0.2, -0.15) is 0 Å². The molecule has 0 aromatic carbocycles. The topological polar surface area (TPSA) is 87.7 Å². The van der Waals surface area contributed by atoms with Crippen molar-refractivity contribution < 1.29 is 19.1 Å². The van der Waals surface area contributed by atoms with Crippen LogP contribution in [0.15, 0.2) is 0 Å². The Hall–Kier alpha value is -1.79. The fourth-order valence-corrected chi connectivity index (χ4v) is 2.33. The predicted octanol–water partition coefficient (Wildman–Crippen LogP) is 1.03. The monoisotopic (exact) mass is 313 g/mol. The number of carbonyl (C=O) groups is 3. The van der Waals surface area contributed by atoms with E-state index in [-0.39, 0.29) is 18.4 Å². The average molecular weight is 313 g/mol. The van der Waals surface area contributed by atoms with Crippen molar-refractivity contribution in [2.75, 3.05) is 13.1 Å². The minimum atomic E-state index is -0.698. The van der Waals surface area contributed by atoms with Crippen LogP contribution in [0.5, 0.6) is 0 Å². The van der Waals surface area contributed by atoms with Gasteiger partial charge in [0.15, 0.2) is 0 Å². The Morgan fingerprint density at radius 3 is 2.45 bits per heavy atom. The van der Waals surface area contributed by atoms with E-state index in [4.69, 9.17) is 4.74 Å². The molecule has 3 amide bonds. The molecule has 7 nitrogen and oxygen atoms in total. The second-order valence-electron chi connectivity index (χ2n) is 7.23. The van der Waals surface area contributed by atoms with E-state index in [1.807, 2.05) is 13.8 Å². The first kappa shape index (κ1) is 18.3. The molecule has 1 saturated heterocycles. The van der Waals surface area contributed by atoms with Gasteiger partial charge in [0.25, 0.3) is 0 Å². The number of rotatable bonds is 3. The van der Waals surface area contributed by atoms with Gasteiger partial charge in [-0.25, -0.2) is 4.79 Å². The molecule has 126 valence electrons. The lowest BCUT2D eigenvalue weighted by Gasteiger charge is -2.39. The number of alkyl carbamates (subject to hydrolysis) is 1. The number of ether oxygens (including phenoxy) is 1. The lowest BCUT2D eigenvalue weighted by Crippen LogP contribution is -2.63. The Morgan fingerprint density at radius 2 is 2.00 bits per heavy atom. The molecule has 1 heterocycles. The highest BCUT2D eigenvalue weighted by Crippen LogP contribution is 2.13. The zero-order valence-electron chi connectivity index (χ0n) is 14.3. The summed E-state index contributed by atoms with van der Waals surface area (Å²) < 4.78 is 5.17. The van der Waals surface area contributed by atoms with Crippen molar-refractivity contribution in [3.63, 3.8) is 0 Å². The lowest BCUT2D eigenvalue weighted by atomic mass is 10.0. The van der Waals surface area contributed by atoms with Crippen LogP contribution < -0.4 is 10.6 Å². The summed E-state index contributed by atoms with van der Waals surface area (Å²) in [6.45, 7) is 11.2. The molecule has 7 heteroatoms. The molecule has 1 atom stereocenters. The lowest BCUT2D eigenvalue weighted by molar-refractivity contribution is -0.142. The molecule has 0 aromatic heterocycles. The van der Waals surface area contributed by atoms with Gasteiger partial charge in [-0.1, -0.05) is 6.92 Å². The summed E-state index contributed by atoms with van der Waals surface area (Å²) in [6.07, 6.45) is -0.204. The SMILES string of the molecule is CCC(NC(=O)OC(C)(C)C)C(=O)N1CC(=O)NC(C)(C)C1. The summed E-state index contributed by atoms with van der Waals surface area (Å²) in [6, 6.07) is -0.698. The second kappa shape index (κ2) is 6.54. The molecule has 0 spiro atoms. The smallest absolute Gasteiger partial charge is 0.408 e. The van der Waals surface area contributed by atoms with Crippen molar-refractivity contribution in [2.45, 2.75) is 65.1 Å². The summed E-state index contributed by atoms with van der Waals surface area (Å²) in [5.41, 5.74) is -1.10. The van der Waals surface area contributed by atoms with Crippen LogP contribution >= 0.6 is 0 Å². The van der Waals surface area contributed by atoms with E-state index in [9.17, 15) is 14.4 Å². The van der Waals surface area contributed by atoms with Crippen molar-refractivity contribution in [3.05, 3.63) is 0 Å². The molecular weight excluding hydrogens is 286 g/mol. The molecule has 22 heavy (non-hydrogen) atoms. The first-order valence-electron chi connectivity index (χ1n) is 7.53. The molecule has 0 radical (unpaired) electrons. The zero-order valence-corrected chi connectivity index (χ0v) is 14.3. The predicted molar refractivity (Wildman–Crippen MR) is 82.3 cm³/mol. The molecule has 1 aliphatic rings. The highest BCUT2D eigenvalue weighted by molar-refractivity contribution is 5.90. The van der Waals surface area contributed by atoms with E-state index in [1.165, 1.54) is 4.90 Å². The van der Waals surface area contributed by atoms with Gasteiger partial charge in [0.2, 0.25) is 11.8 Å². The minimum absolute atomic E-state index is 0.00869. The van der Waals surface area contributed by atoms with E-state index < -0.39 is 23.3 Å². The third-order valence-corrected chi connectivity index (χ3v) is 3.11. The highest BCUT2D eigenvalue weighted by atomic mass is 16.6. The van der Waals surface area contributed by atoms with Gasteiger partial charge in [0.05, 0.1) is 12.1 Å². The summed E-state index contributed by atoms with van der Waals surface area (Å²) in [5.74, 6) is -0.465. The summed E-state index contributed by atoms with van der Waals surface area (Å²) in [5, 5.41) is 5.40. The van der Waals surface area contributed by atoms with E-state index in [2.05, 4.69) is 10.6 Å². The maximum Gasteiger partial charge on any atom is 0.408 e. The number of hydrogen-bond donors (Lipinski definition) is 2. The van der Waals surface area contributed by atoms with Crippen LogP contribution in [0, 0.1) is 0 Å². The quantitative estimate of drug-likeness (QED) is 0.814. The van der Waals surface area contributed by atoms with Crippen molar-refractivity contribution >= 4 is 17.9 Å². The summed E-state index contributed by atoms with van der Waals surface area (Å²) >= 11 is 0. The van der Waals surface area contributed by atoms with Crippen LogP contribution in [-0.4, -0.2) is 53.1 Å². The van der Waals surface area contributed by atoms with Gasteiger partial charge in [0.1, 0.15) is 11.6 Å². The second-order valence-corrected chi connectivity index (χ2v) is 7.23. The average Bonchev–Trinajstić information content (AvgIpc) is 2.30. The van der Waals surface area contributed by atoms with Gasteiger partial charge in [0, 0.05) is 6.54 Å². The zero-order chi connectivity index (χ0) is 17.1. The molecule has 1 fully saturated rings. The Morgan fingerprint density at radius 1 is 1.41 bits per heavy atom. The van der Waals surface area contributed by atoms with Crippen molar-refractivity contribution in [1.82, 2.24) is 15.5 Å². The van der Waals surface area contributed by atoms with Gasteiger partial charge in [-0.15, -0.1) is 0 Å². The van der Waals surface area contributed by atoms with E-state index in [0.29, 0.717) is 13.0 Å². The van der Waals surface area contributed by atoms with Gasteiger partial charge < -0.3 is 20.3 Å². The number of amides is 3. The van der Waals surface area contributed by atoms with Gasteiger partial charge in [-0.05, 0) is 41.0 Å². The molecule has 0 saturated carbocycles. The van der Waals surface area contributed by atoms with E-state index in [1.54, 1.807) is 27.7 Å². The molecule has 1 rings (SSSR count). The fourth-order valence-electron chi connectivity index (χ4n) is 2.33. The van der Waals surface area contributed by atoms with Crippen LogP contribution in [0.1, 0.15) is 48.0 Å². The van der Waals surface area contributed by atoms with Crippen LogP contribution in [0.25, 0.3) is 0 Å². The van der Waals surface area contributed by atoms with Crippen molar-refractivity contribution in [3.8, 4) is 0 Å². The number of carbonyl (C=O) groups excluding carboxylic acids is 3. The van der Waals surface area contributed by atoms with Crippen LogP contribution in [0.2, 0.25) is 0 Å². The Bertz CT molecular complexity index is 454. The van der Waals surface area contributed by atoms with Crippen LogP contribution in [0.4, 0.5) is 4.79 Å². The molecular formula is C15H27N3O4. The number of nitrogens with one attached hydrogen (secondary N) is 2. The maximum atomic E-state index is 12.5. The largest absolute Gasteiger partial charge is 0.444 e. The third-order valence-electron chi connectivity index (χ3n) is 3.11. The van der Waals surface area contributed by atoms with E-state index in [0.717, 1.165) is 0 Å². The molecule has 2 N–H and O–H groups in total. The standard InChI is InChI=1S/C15H27N3O4/c1-7-10(16-13(21)22-14(2,3)4)12(20)18-8-11(19)17-15(5,6)9-18/h10H,7-9H2,1-6H3,(H,16,21)(H,17,19). The molecule has 0 aromatic rings. The molecule has 1 unspecified atom stereocenters. The minimum Gasteiger partial charge on any atom is -0.444 e. The number of nitrogens with zero attached hydrogens (tertiary/aromatic N) is 1. The van der Waals surface area contributed by atoms with Crippen molar-refractivity contribution in [1.29, 1.82) is 0 Å². The summed E-state index contributed by atoms with van der Waals surface area (Å²) in [7, 11) is 0. The fraction of sp³-hybridized carbons (Fsp3) is 0.800. The van der Waals surface area contributed by atoms with Gasteiger partial charge >= 0.3 is 6.09 Å². The molecule has 1 aliphatic heterocycles. The normalized spacial score (nSPS) is 19.2. The third kappa shape index (κ3) is 5.54. The molecule has 0 aliphatic carbocycles.